The van der Waals surface area contributed by atoms with E-state index in [2.05, 4.69) is 54.7 Å². The van der Waals surface area contributed by atoms with E-state index in [1.165, 1.54) is 44.9 Å². The lowest BCUT2D eigenvalue weighted by atomic mass is 9.97. The van der Waals surface area contributed by atoms with Crippen molar-refractivity contribution in [1.82, 2.24) is 0 Å². The van der Waals surface area contributed by atoms with Gasteiger partial charge in [0.1, 0.15) is 8.94 Å². The van der Waals surface area contributed by atoms with E-state index in [0.717, 1.165) is 19.4 Å². The molecule has 0 aliphatic rings. The van der Waals surface area contributed by atoms with Crippen LogP contribution in [0.25, 0.3) is 0 Å². The highest BCUT2D eigenvalue weighted by atomic mass is 80.0. The Labute approximate surface area is 150 Å². The van der Waals surface area contributed by atoms with Crippen molar-refractivity contribution >= 4 is 47.8 Å². The number of rotatable bonds is 13. The molecule has 0 saturated heterocycles. The van der Waals surface area contributed by atoms with Gasteiger partial charge in [0.2, 0.25) is 0 Å². The molecule has 0 aromatic rings. The van der Waals surface area contributed by atoms with Crippen LogP contribution in [0.2, 0.25) is 0 Å². The first-order valence-electron chi connectivity index (χ1n) is 7.65. The number of halogens is 3. The average Bonchev–Trinajstić information content (AvgIpc) is 2.38. The van der Waals surface area contributed by atoms with Crippen LogP contribution in [0.4, 0.5) is 0 Å². The molecular formula is C15H29Br3O2. The molecule has 0 N–H and O–H groups in total. The standard InChI is InChI=1S/C15H29Br3O2/c1-3-4-5-6-7-8-10-14(15(16,17)18)11-9-12-20-13-19-2/h14H,3-13H2,1-2H3. The summed E-state index contributed by atoms with van der Waals surface area (Å²) in [6, 6.07) is 0. The topological polar surface area (TPSA) is 18.5 Å². The lowest BCUT2D eigenvalue weighted by Crippen LogP contribution is -2.18. The maximum absolute atomic E-state index is 5.35. The van der Waals surface area contributed by atoms with Crippen LogP contribution in [-0.2, 0) is 9.47 Å². The van der Waals surface area contributed by atoms with Crippen molar-refractivity contribution in [3.63, 3.8) is 0 Å². The quantitative estimate of drug-likeness (QED) is 0.168. The molecule has 0 saturated carbocycles. The first kappa shape index (κ1) is 21.4. The Morgan fingerprint density at radius 2 is 1.50 bits per heavy atom. The van der Waals surface area contributed by atoms with Crippen molar-refractivity contribution in [2.45, 2.75) is 66.9 Å². The van der Waals surface area contributed by atoms with Crippen molar-refractivity contribution in [2.24, 2.45) is 5.92 Å². The maximum Gasteiger partial charge on any atom is 0.146 e. The normalized spacial score (nSPS) is 13.7. The van der Waals surface area contributed by atoms with E-state index in [-0.39, 0.29) is 2.14 Å². The SMILES string of the molecule is CCCCCCCCC(CCCOCOC)C(Br)(Br)Br. The van der Waals surface area contributed by atoms with Gasteiger partial charge in [0.05, 0.1) is 0 Å². The van der Waals surface area contributed by atoms with E-state index in [9.17, 15) is 0 Å². The first-order valence-corrected chi connectivity index (χ1v) is 10.0. The van der Waals surface area contributed by atoms with Crippen LogP contribution in [0.3, 0.4) is 0 Å². The van der Waals surface area contributed by atoms with E-state index in [1.54, 1.807) is 7.11 Å². The summed E-state index contributed by atoms with van der Waals surface area (Å²) in [5, 5.41) is 0. The summed E-state index contributed by atoms with van der Waals surface area (Å²) in [5.41, 5.74) is 0. The lowest BCUT2D eigenvalue weighted by Gasteiger charge is -2.25. The minimum atomic E-state index is -0.141. The summed E-state index contributed by atoms with van der Waals surface area (Å²) in [4.78, 5) is 0. The monoisotopic (exact) mass is 478 g/mol. The van der Waals surface area contributed by atoms with Gasteiger partial charge in [-0.3, -0.25) is 0 Å². The van der Waals surface area contributed by atoms with Crippen molar-refractivity contribution < 1.29 is 9.47 Å². The predicted molar refractivity (Wildman–Crippen MR) is 98.1 cm³/mol. The van der Waals surface area contributed by atoms with Gasteiger partial charge >= 0.3 is 0 Å². The molecule has 1 unspecified atom stereocenters. The largest absolute Gasteiger partial charge is 0.359 e. The third kappa shape index (κ3) is 13.1. The van der Waals surface area contributed by atoms with Crippen molar-refractivity contribution in [3.8, 4) is 0 Å². The molecular weight excluding hydrogens is 452 g/mol. The molecule has 0 fully saturated rings. The summed E-state index contributed by atoms with van der Waals surface area (Å²) < 4.78 is 10.1. The molecule has 5 heteroatoms. The van der Waals surface area contributed by atoms with Gasteiger partial charge in [0, 0.05) is 13.7 Å². The number of methoxy groups -OCH3 is 1. The van der Waals surface area contributed by atoms with Gasteiger partial charge in [-0.25, -0.2) is 0 Å². The van der Waals surface area contributed by atoms with Crippen LogP contribution in [-0.4, -0.2) is 22.7 Å². The Morgan fingerprint density at radius 1 is 0.900 bits per heavy atom. The zero-order valence-corrected chi connectivity index (χ0v) is 17.6. The molecule has 0 aromatic heterocycles. The average molecular weight is 481 g/mol. The zero-order chi connectivity index (χ0) is 15.3. The minimum absolute atomic E-state index is 0.141. The Balaban J connectivity index is 3.75. The van der Waals surface area contributed by atoms with Gasteiger partial charge in [0.25, 0.3) is 0 Å². The predicted octanol–water partition coefficient (Wildman–Crippen LogP) is 6.59. The van der Waals surface area contributed by atoms with Crippen molar-refractivity contribution in [2.75, 3.05) is 20.5 Å². The van der Waals surface area contributed by atoms with E-state index >= 15 is 0 Å². The van der Waals surface area contributed by atoms with Gasteiger partial charge in [-0.2, -0.15) is 0 Å². The molecule has 0 amide bonds. The maximum atomic E-state index is 5.35. The minimum Gasteiger partial charge on any atom is -0.359 e. The zero-order valence-electron chi connectivity index (χ0n) is 12.8. The Morgan fingerprint density at radius 3 is 2.10 bits per heavy atom. The van der Waals surface area contributed by atoms with E-state index in [1.807, 2.05) is 0 Å². The van der Waals surface area contributed by atoms with Gasteiger partial charge in [0.15, 0.2) is 0 Å². The molecule has 0 radical (unpaired) electrons. The number of ether oxygens (including phenoxy) is 2. The van der Waals surface area contributed by atoms with E-state index < -0.39 is 0 Å². The molecule has 0 rings (SSSR count). The molecule has 1 atom stereocenters. The van der Waals surface area contributed by atoms with Crippen LogP contribution in [0.15, 0.2) is 0 Å². The highest BCUT2D eigenvalue weighted by molar-refractivity contribution is 9.39. The van der Waals surface area contributed by atoms with Gasteiger partial charge in [-0.15, -0.1) is 0 Å². The summed E-state index contributed by atoms with van der Waals surface area (Å²) in [5.74, 6) is 0.569. The molecule has 122 valence electrons. The van der Waals surface area contributed by atoms with Crippen LogP contribution >= 0.6 is 47.8 Å². The lowest BCUT2D eigenvalue weighted by molar-refractivity contribution is -0.0322. The van der Waals surface area contributed by atoms with Crippen LogP contribution < -0.4 is 0 Å². The van der Waals surface area contributed by atoms with Gasteiger partial charge in [-0.1, -0.05) is 93.2 Å². The molecule has 20 heavy (non-hydrogen) atoms. The van der Waals surface area contributed by atoms with E-state index in [4.69, 9.17) is 9.47 Å². The molecule has 0 aromatic carbocycles. The second kappa shape index (κ2) is 14.0. The molecule has 0 bridgehead atoms. The summed E-state index contributed by atoms with van der Waals surface area (Å²) in [7, 11) is 1.65. The fourth-order valence-corrected chi connectivity index (χ4v) is 3.59. The number of hydrogen-bond donors (Lipinski definition) is 0. The number of unbranched alkanes of at least 4 members (excludes halogenated alkanes) is 5. The fraction of sp³-hybridized carbons (Fsp3) is 1.00. The summed E-state index contributed by atoms with van der Waals surface area (Å²) >= 11 is 11.1. The van der Waals surface area contributed by atoms with Crippen molar-refractivity contribution in [3.05, 3.63) is 0 Å². The molecule has 0 heterocycles. The second-order valence-corrected chi connectivity index (χ2v) is 12.2. The van der Waals surface area contributed by atoms with Crippen LogP contribution in [0.1, 0.15) is 64.7 Å². The van der Waals surface area contributed by atoms with Crippen LogP contribution in [0, 0.1) is 5.92 Å². The number of alkyl halides is 3. The van der Waals surface area contributed by atoms with Crippen molar-refractivity contribution in [1.29, 1.82) is 0 Å². The second-order valence-electron chi connectivity index (χ2n) is 5.25. The Hall–Kier alpha value is 1.36. The summed E-state index contributed by atoms with van der Waals surface area (Å²) in [6.07, 6.45) is 11.5. The van der Waals surface area contributed by atoms with Crippen LogP contribution in [0.5, 0.6) is 0 Å². The van der Waals surface area contributed by atoms with Gasteiger partial charge in [-0.05, 0) is 25.2 Å². The molecule has 0 aliphatic heterocycles. The molecule has 0 spiro atoms. The highest BCUT2D eigenvalue weighted by Crippen LogP contribution is 2.45. The Kier molecular flexibility index (Phi) is 14.9. The third-order valence-corrected chi connectivity index (χ3v) is 5.35. The Bertz CT molecular complexity index is 208. The summed E-state index contributed by atoms with van der Waals surface area (Å²) in [6.45, 7) is 3.42. The fourth-order valence-electron chi connectivity index (χ4n) is 2.22. The number of hydrogen-bond acceptors (Lipinski definition) is 2. The third-order valence-electron chi connectivity index (χ3n) is 3.41. The molecule has 0 aliphatic carbocycles. The smallest absolute Gasteiger partial charge is 0.146 e. The molecule has 2 nitrogen and oxygen atoms in total. The van der Waals surface area contributed by atoms with E-state index in [0.29, 0.717) is 12.7 Å². The first-order chi connectivity index (χ1) is 9.52. The highest BCUT2D eigenvalue weighted by Gasteiger charge is 2.29. The van der Waals surface area contributed by atoms with Gasteiger partial charge < -0.3 is 9.47 Å².